The first-order chi connectivity index (χ1) is 11.9. The molecule has 1 heterocycles. The maximum Gasteiger partial charge on any atom is 0.247 e. The van der Waals surface area contributed by atoms with E-state index < -0.39 is 6.04 Å². The van der Waals surface area contributed by atoms with Gasteiger partial charge in [0.15, 0.2) is 0 Å². The number of amides is 2. The van der Waals surface area contributed by atoms with E-state index in [1.54, 1.807) is 4.90 Å². The lowest BCUT2D eigenvalue weighted by molar-refractivity contribution is -0.163. The van der Waals surface area contributed by atoms with Crippen molar-refractivity contribution < 1.29 is 9.59 Å². The SMILES string of the molecule is CC(C)(C)NC(=O)C(/C=C/c1ccccc1)N1C(=O)[C@@H]2CC=CC[C@@H]21. The minimum atomic E-state index is -0.570. The summed E-state index contributed by atoms with van der Waals surface area (Å²) in [5.74, 6) is 0.00205. The van der Waals surface area contributed by atoms with Crippen molar-refractivity contribution in [3.8, 4) is 0 Å². The van der Waals surface area contributed by atoms with Crippen LogP contribution in [0.3, 0.4) is 0 Å². The summed E-state index contributed by atoms with van der Waals surface area (Å²) in [7, 11) is 0. The number of rotatable bonds is 4. The highest BCUT2D eigenvalue weighted by molar-refractivity contribution is 5.95. The van der Waals surface area contributed by atoms with Crippen molar-refractivity contribution in [3.63, 3.8) is 0 Å². The Kier molecular flexibility index (Phi) is 4.80. The van der Waals surface area contributed by atoms with Crippen LogP contribution in [-0.2, 0) is 9.59 Å². The number of nitrogens with zero attached hydrogens (tertiary/aromatic N) is 1. The maximum absolute atomic E-state index is 12.9. The third kappa shape index (κ3) is 3.84. The molecule has 0 aromatic heterocycles. The molecule has 1 fully saturated rings. The van der Waals surface area contributed by atoms with E-state index in [9.17, 15) is 9.59 Å². The monoisotopic (exact) mass is 338 g/mol. The van der Waals surface area contributed by atoms with Crippen LogP contribution in [0.25, 0.3) is 6.08 Å². The van der Waals surface area contributed by atoms with E-state index in [4.69, 9.17) is 0 Å². The largest absolute Gasteiger partial charge is 0.349 e. The second kappa shape index (κ2) is 6.87. The van der Waals surface area contributed by atoms with Crippen molar-refractivity contribution in [1.29, 1.82) is 0 Å². The minimum Gasteiger partial charge on any atom is -0.349 e. The fraction of sp³-hybridized carbons (Fsp3) is 0.429. The number of benzene rings is 1. The molecule has 1 aliphatic heterocycles. The average molecular weight is 338 g/mol. The van der Waals surface area contributed by atoms with Gasteiger partial charge in [-0.2, -0.15) is 0 Å². The number of hydrogen-bond donors (Lipinski definition) is 1. The third-order valence-electron chi connectivity index (χ3n) is 4.66. The van der Waals surface area contributed by atoms with E-state index in [1.807, 2.05) is 63.3 Å². The van der Waals surface area contributed by atoms with Gasteiger partial charge in [-0.1, -0.05) is 54.6 Å². The van der Waals surface area contributed by atoms with Gasteiger partial charge in [0.2, 0.25) is 11.8 Å². The Morgan fingerprint density at radius 3 is 2.56 bits per heavy atom. The second-order valence-corrected chi connectivity index (χ2v) is 7.82. The van der Waals surface area contributed by atoms with Crippen molar-refractivity contribution in [3.05, 3.63) is 54.1 Å². The zero-order chi connectivity index (χ0) is 18.0. The van der Waals surface area contributed by atoms with Crippen LogP contribution in [0.1, 0.15) is 39.2 Å². The number of carbonyl (C=O) groups excluding carboxylic acids is 2. The Morgan fingerprint density at radius 2 is 1.88 bits per heavy atom. The van der Waals surface area contributed by atoms with Crippen LogP contribution >= 0.6 is 0 Å². The molecule has 1 unspecified atom stereocenters. The Bertz CT molecular complexity index is 700. The van der Waals surface area contributed by atoms with Crippen molar-refractivity contribution in [2.45, 2.75) is 51.2 Å². The summed E-state index contributed by atoms with van der Waals surface area (Å²) in [6.45, 7) is 5.85. The van der Waals surface area contributed by atoms with E-state index in [1.165, 1.54) is 0 Å². The fourth-order valence-electron chi connectivity index (χ4n) is 3.51. The van der Waals surface area contributed by atoms with Crippen LogP contribution < -0.4 is 5.32 Å². The molecule has 1 aliphatic carbocycles. The molecule has 2 aliphatic rings. The molecule has 132 valence electrons. The Labute approximate surface area is 149 Å². The van der Waals surface area contributed by atoms with Gasteiger partial charge < -0.3 is 10.2 Å². The van der Waals surface area contributed by atoms with Crippen molar-refractivity contribution in [1.82, 2.24) is 10.2 Å². The number of fused-ring (bicyclic) bond motifs is 1. The highest BCUT2D eigenvalue weighted by Gasteiger charge is 2.50. The predicted octanol–water partition coefficient (Wildman–Crippen LogP) is 3.16. The van der Waals surface area contributed by atoms with E-state index in [0.717, 1.165) is 18.4 Å². The highest BCUT2D eigenvalue weighted by atomic mass is 16.2. The van der Waals surface area contributed by atoms with E-state index >= 15 is 0 Å². The quantitative estimate of drug-likeness (QED) is 0.677. The van der Waals surface area contributed by atoms with E-state index in [-0.39, 0.29) is 29.3 Å². The zero-order valence-corrected chi connectivity index (χ0v) is 15.1. The number of hydrogen-bond acceptors (Lipinski definition) is 2. The molecular weight excluding hydrogens is 312 g/mol. The highest BCUT2D eigenvalue weighted by Crippen LogP contribution is 2.37. The van der Waals surface area contributed by atoms with Gasteiger partial charge in [0, 0.05) is 11.6 Å². The molecule has 1 saturated heterocycles. The molecule has 4 heteroatoms. The molecule has 0 radical (unpaired) electrons. The fourth-order valence-corrected chi connectivity index (χ4v) is 3.51. The van der Waals surface area contributed by atoms with Crippen LogP contribution in [0, 0.1) is 5.92 Å². The Morgan fingerprint density at radius 1 is 1.20 bits per heavy atom. The first-order valence-corrected chi connectivity index (χ1v) is 8.89. The second-order valence-electron chi connectivity index (χ2n) is 7.82. The van der Waals surface area contributed by atoms with Gasteiger partial charge in [0.1, 0.15) is 6.04 Å². The minimum absolute atomic E-state index is 0.0417. The van der Waals surface area contributed by atoms with Crippen LogP contribution in [0.15, 0.2) is 48.6 Å². The first kappa shape index (κ1) is 17.5. The van der Waals surface area contributed by atoms with Gasteiger partial charge in [-0.15, -0.1) is 0 Å². The van der Waals surface area contributed by atoms with Crippen LogP contribution in [0.2, 0.25) is 0 Å². The summed E-state index contributed by atoms with van der Waals surface area (Å²) in [6, 6.07) is 9.41. The number of β-lactam (4-membered cyclic amide) rings is 1. The topological polar surface area (TPSA) is 49.4 Å². The number of allylic oxidation sites excluding steroid dienone is 1. The van der Waals surface area contributed by atoms with Crippen molar-refractivity contribution in [2.24, 2.45) is 5.92 Å². The maximum atomic E-state index is 12.9. The third-order valence-corrected chi connectivity index (χ3v) is 4.66. The molecule has 1 aromatic rings. The summed E-state index contributed by atoms with van der Waals surface area (Å²) < 4.78 is 0. The van der Waals surface area contributed by atoms with Crippen molar-refractivity contribution >= 4 is 17.9 Å². The van der Waals surface area contributed by atoms with Crippen molar-refractivity contribution in [2.75, 3.05) is 0 Å². The molecule has 4 nitrogen and oxygen atoms in total. The molecule has 3 rings (SSSR count). The van der Waals surface area contributed by atoms with Crippen LogP contribution in [0.4, 0.5) is 0 Å². The Balaban J connectivity index is 1.84. The van der Waals surface area contributed by atoms with Crippen LogP contribution in [-0.4, -0.2) is 34.3 Å². The lowest BCUT2D eigenvalue weighted by Gasteiger charge is -2.51. The normalized spacial score (nSPS) is 24.0. The summed E-state index contributed by atoms with van der Waals surface area (Å²) in [5.41, 5.74) is 0.680. The van der Waals surface area contributed by atoms with Gasteiger partial charge in [-0.3, -0.25) is 9.59 Å². The summed E-state index contributed by atoms with van der Waals surface area (Å²) in [4.78, 5) is 27.2. The molecule has 1 N–H and O–H groups in total. The molecule has 0 saturated carbocycles. The molecular formula is C21H26N2O2. The standard InChI is InChI=1S/C21H26N2O2/c1-21(2,3)22-19(24)18(14-13-15-9-5-4-6-10-15)23-17-12-8-7-11-16(17)20(23)25/h4-10,13-14,16-18H,11-12H2,1-3H3,(H,22,24)/b14-13+/t16-,17+,18?/m1/s1. The average Bonchev–Trinajstić information content (AvgIpc) is 2.57. The van der Waals surface area contributed by atoms with Gasteiger partial charge >= 0.3 is 0 Å². The van der Waals surface area contributed by atoms with E-state index in [2.05, 4.69) is 17.5 Å². The molecule has 25 heavy (non-hydrogen) atoms. The van der Waals surface area contributed by atoms with Gasteiger partial charge in [0.25, 0.3) is 0 Å². The predicted molar refractivity (Wildman–Crippen MR) is 99.7 cm³/mol. The lowest BCUT2D eigenvalue weighted by Crippen LogP contribution is -2.67. The van der Waals surface area contributed by atoms with Gasteiger partial charge in [-0.05, 0) is 39.2 Å². The number of nitrogens with one attached hydrogen (secondary N) is 1. The van der Waals surface area contributed by atoms with Crippen LogP contribution in [0.5, 0.6) is 0 Å². The molecule has 2 amide bonds. The molecule has 0 bridgehead atoms. The zero-order valence-electron chi connectivity index (χ0n) is 15.1. The summed E-state index contributed by atoms with van der Waals surface area (Å²) in [6.07, 6.45) is 9.57. The first-order valence-electron chi connectivity index (χ1n) is 8.89. The summed E-state index contributed by atoms with van der Waals surface area (Å²) in [5, 5.41) is 3.02. The molecule has 0 spiro atoms. The number of carbonyl (C=O) groups is 2. The van der Waals surface area contributed by atoms with Gasteiger partial charge in [0.05, 0.1) is 5.92 Å². The van der Waals surface area contributed by atoms with E-state index in [0.29, 0.717) is 0 Å². The molecule has 3 atom stereocenters. The number of likely N-dealkylation sites (tertiary alicyclic amines) is 1. The Hall–Kier alpha value is -2.36. The smallest absolute Gasteiger partial charge is 0.247 e. The summed E-state index contributed by atoms with van der Waals surface area (Å²) >= 11 is 0. The lowest BCUT2D eigenvalue weighted by atomic mass is 9.78. The van der Waals surface area contributed by atoms with Gasteiger partial charge in [-0.25, -0.2) is 0 Å². The molecule has 1 aromatic carbocycles.